The van der Waals surface area contributed by atoms with Crippen LogP contribution in [0.3, 0.4) is 0 Å². The summed E-state index contributed by atoms with van der Waals surface area (Å²) in [5.41, 5.74) is 3.42. The second-order valence-corrected chi connectivity index (χ2v) is 8.11. The summed E-state index contributed by atoms with van der Waals surface area (Å²) in [4.78, 5) is 6.64. The lowest BCUT2D eigenvalue weighted by Gasteiger charge is -2.39. The van der Waals surface area contributed by atoms with Gasteiger partial charge in [0, 0.05) is 37.7 Å². The highest BCUT2D eigenvalue weighted by Crippen LogP contribution is 2.24. The summed E-state index contributed by atoms with van der Waals surface area (Å²) >= 11 is 0. The first kappa shape index (κ1) is 17.9. The summed E-state index contributed by atoms with van der Waals surface area (Å²) in [5.74, 6) is 0.891. The molecular weight excluding hydrogens is 356 g/mol. The predicted molar refractivity (Wildman–Crippen MR) is 108 cm³/mol. The monoisotopic (exact) mass is 378 g/mol. The Morgan fingerprint density at radius 3 is 2.33 bits per heavy atom. The smallest absolute Gasteiger partial charge is 0.126 e. The van der Waals surface area contributed by atoms with E-state index in [1.54, 1.807) is 12.5 Å². The summed E-state index contributed by atoms with van der Waals surface area (Å²) in [6.07, 6.45) is 3.65. The highest BCUT2D eigenvalue weighted by molar-refractivity contribution is 7.84. The second-order valence-electron chi connectivity index (χ2n) is 6.78. The Morgan fingerprint density at radius 2 is 1.70 bits per heavy atom. The van der Waals surface area contributed by atoms with Crippen molar-refractivity contribution in [2.45, 2.75) is 17.7 Å². The number of nitrogens with zero attached hydrogens (tertiary/aromatic N) is 2. The summed E-state index contributed by atoms with van der Waals surface area (Å²) in [6.45, 7) is 2.89. The van der Waals surface area contributed by atoms with Crippen molar-refractivity contribution in [2.75, 3.05) is 19.3 Å². The van der Waals surface area contributed by atoms with Gasteiger partial charge in [-0.1, -0.05) is 48.5 Å². The van der Waals surface area contributed by atoms with Gasteiger partial charge in [-0.05, 0) is 29.3 Å². The van der Waals surface area contributed by atoms with Crippen molar-refractivity contribution in [3.63, 3.8) is 0 Å². The van der Waals surface area contributed by atoms with Crippen molar-refractivity contribution in [3.05, 3.63) is 78.5 Å². The zero-order valence-corrected chi connectivity index (χ0v) is 16.1. The van der Waals surface area contributed by atoms with E-state index in [4.69, 9.17) is 4.74 Å². The molecule has 0 saturated carbocycles. The molecule has 1 aliphatic heterocycles. The Hall–Kier alpha value is -2.50. The molecule has 0 spiro atoms. The van der Waals surface area contributed by atoms with Crippen LogP contribution >= 0.6 is 0 Å². The molecule has 5 heteroatoms. The van der Waals surface area contributed by atoms with E-state index in [-0.39, 0.29) is 6.10 Å². The quantitative estimate of drug-likeness (QED) is 0.655. The molecule has 2 aromatic carbocycles. The molecule has 27 heavy (non-hydrogen) atoms. The van der Waals surface area contributed by atoms with Gasteiger partial charge < -0.3 is 4.74 Å². The van der Waals surface area contributed by atoms with Gasteiger partial charge in [0.2, 0.25) is 0 Å². The summed E-state index contributed by atoms with van der Waals surface area (Å²) in [6, 6.07) is 22.4. The number of rotatable bonds is 6. The molecule has 0 N–H and O–H groups in total. The number of ether oxygens (including phenoxy) is 1. The van der Waals surface area contributed by atoms with E-state index >= 15 is 0 Å². The number of benzene rings is 2. The van der Waals surface area contributed by atoms with Gasteiger partial charge in [0.05, 0.1) is 10.8 Å². The SMILES string of the molecule is CS(=O)c1ccc(-c2ccc(OC3CN(Cc4ccccc4)C3)cc2)cn1. The molecule has 0 bridgehead atoms. The van der Waals surface area contributed by atoms with Gasteiger partial charge in [-0.15, -0.1) is 0 Å². The van der Waals surface area contributed by atoms with Crippen LogP contribution in [0.5, 0.6) is 5.75 Å². The molecule has 1 fully saturated rings. The van der Waals surface area contributed by atoms with E-state index in [2.05, 4.69) is 34.1 Å². The summed E-state index contributed by atoms with van der Waals surface area (Å²) in [5, 5.41) is 0.601. The lowest BCUT2D eigenvalue weighted by atomic mass is 10.1. The number of aromatic nitrogens is 1. The van der Waals surface area contributed by atoms with E-state index in [9.17, 15) is 4.21 Å². The Balaban J connectivity index is 1.30. The van der Waals surface area contributed by atoms with Crippen molar-refractivity contribution in [1.82, 2.24) is 9.88 Å². The molecule has 138 valence electrons. The molecule has 4 rings (SSSR count). The third kappa shape index (κ3) is 4.43. The minimum absolute atomic E-state index is 0.250. The highest BCUT2D eigenvalue weighted by atomic mass is 32.2. The van der Waals surface area contributed by atoms with E-state index in [1.807, 2.05) is 42.5 Å². The normalized spacial score (nSPS) is 15.9. The standard InChI is InChI=1S/C22H22N2O2S/c1-27(25)22-12-9-19(13-23-22)18-7-10-20(11-8-18)26-21-15-24(16-21)14-17-5-3-2-4-6-17/h2-13,21H,14-16H2,1H3. The van der Waals surface area contributed by atoms with E-state index < -0.39 is 10.8 Å². The minimum atomic E-state index is -1.05. The first-order valence-corrected chi connectivity index (χ1v) is 10.6. The van der Waals surface area contributed by atoms with Gasteiger partial charge in [0.1, 0.15) is 16.9 Å². The fourth-order valence-corrected chi connectivity index (χ4v) is 3.67. The van der Waals surface area contributed by atoms with Crippen LogP contribution in [0.15, 0.2) is 78.0 Å². The highest BCUT2D eigenvalue weighted by Gasteiger charge is 2.28. The Morgan fingerprint density at radius 1 is 1.00 bits per heavy atom. The maximum atomic E-state index is 11.4. The molecular formula is C22H22N2O2S. The number of pyridine rings is 1. The van der Waals surface area contributed by atoms with Crippen molar-refractivity contribution < 1.29 is 8.95 Å². The lowest BCUT2D eigenvalue weighted by Crippen LogP contribution is -2.53. The minimum Gasteiger partial charge on any atom is -0.488 e. The molecule has 1 saturated heterocycles. The molecule has 0 aliphatic carbocycles. The van der Waals surface area contributed by atoms with Gasteiger partial charge >= 0.3 is 0 Å². The average molecular weight is 378 g/mol. The maximum Gasteiger partial charge on any atom is 0.126 e. The van der Waals surface area contributed by atoms with Gasteiger partial charge in [0.15, 0.2) is 0 Å². The van der Waals surface area contributed by atoms with Crippen molar-refractivity contribution >= 4 is 10.8 Å². The molecule has 4 nitrogen and oxygen atoms in total. The summed E-state index contributed by atoms with van der Waals surface area (Å²) in [7, 11) is -1.05. The van der Waals surface area contributed by atoms with E-state index in [0.717, 1.165) is 36.5 Å². The first-order valence-electron chi connectivity index (χ1n) is 9.00. The fraction of sp³-hybridized carbons (Fsp3) is 0.227. The average Bonchev–Trinajstić information content (AvgIpc) is 2.68. The molecule has 0 radical (unpaired) electrons. The molecule has 0 amide bonds. The van der Waals surface area contributed by atoms with Crippen LogP contribution < -0.4 is 4.74 Å². The van der Waals surface area contributed by atoms with E-state index in [0.29, 0.717) is 5.03 Å². The maximum absolute atomic E-state index is 11.4. The first-order chi connectivity index (χ1) is 13.2. The Bertz CT molecular complexity index is 905. The third-order valence-electron chi connectivity index (χ3n) is 4.69. The summed E-state index contributed by atoms with van der Waals surface area (Å²) < 4.78 is 17.5. The predicted octanol–water partition coefficient (Wildman–Crippen LogP) is 3.75. The van der Waals surface area contributed by atoms with Gasteiger partial charge in [-0.25, -0.2) is 4.98 Å². The topological polar surface area (TPSA) is 42.4 Å². The van der Waals surface area contributed by atoms with Crippen molar-refractivity contribution in [1.29, 1.82) is 0 Å². The third-order valence-corrected chi connectivity index (χ3v) is 5.52. The van der Waals surface area contributed by atoms with Crippen LogP contribution in [0.4, 0.5) is 0 Å². The Kier molecular flexibility index (Phi) is 5.32. The number of hydrogen-bond acceptors (Lipinski definition) is 4. The van der Waals surface area contributed by atoms with Crippen LogP contribution in [0, 0.1) is 0 Å². The molecule has 1 unspecified atom stereocenters. The van der Waals surface area contributed by atoms with Crippen LogP contribution in [0.2, 0.25) is 0 Å². The molecule has 3 aromatic rings. The van der Waals surface area contributed by atoms with Crippen LogP contribution in [0.25, 0.3) is 11.1 Å². The fourth-order valence-electron chi connectivity index (χ4n) is 3.21. The van der Waals surface area contributed by atoms with Crippen molar-refractivity contribution in [3.8, 4) is 16.9 Å². The van der Waals surface area contributed by atoms with Gasteiger partial charge in [-0.3, -0.25) is 9.11 Å². The van der Waals surface area contributed by atoms with Gasteiger partial charge in [-0.2, -0.15) is 0 Å². The molecule has 1 aromatic heterocycles. The van der Waals surface area contributed by atoms with Crippen LogP contribution in [0.1, 0.15) is 5.56 Å². The van der Waals surface area contributed by atoms with E-state index in [1.165, 1.54) is 5.56 Å². The number of likely N-dealkylation sites (tertiary alicyclic amines) is 1. The lowest BCUT2D eigenvalue weighted by molar-refractivity contribution is 0.0146. The zero-order valence-electron chi connectivity index (χ0n) is 15.2. The zero-order chi connectivity index (χ0) is 18.6. The molecule has 1 atom stereocenters. The molecule has 2 heterocycles. The molecule has 1 aliphatic rings. The van der Waals surface area contributed by atoms with Gasteiger partial charge in [0.25, 0.3) is 0 Å². The largest absolute Gasteiger partial charge is 0.488 e. The van der Waals surface area contributed by atoms with Crippen LogP contribution in [-0.4, -0.2) is 39.5 Å². The van der Waals surface area contributed by atoms with Crippen molar-refractivity contribution in [2.24, 2.45) is 0 Å². The second kappa shape index (κ2) is 8.03. The Labute approximate surface area is 162 Å². The van der Waals surface area contributed by atoms with Crippen LogP contribution in [-0.2, 0) is 17.3 Å². The number of hydrogen-bond donors (Lipinski definition) is 0.